The van der Waals surface area contributed by atoms with Crippen molar-refractivity contribution in [3.8, 4) is 0 Å². The average molecular weight is 412 g/mol. The van der Waals surface area contributed by atoms with Crippen LogP contribution in [0.3, 0.4) is 0 Å². The predicted octanol–water partition coefficient (Wildman–Crippen LogP) is 2.94. The van der Waals surface area contributed by atoms with Crippen LogP contribution in [0.5, 0.6) is 0 Å². The van der Waals surface area contributed by atoms with Crippen molar-refractivity contribution in [2.45, 2.75) is 18.7 Å². The van der Waals surface area contributed by atoms with Crippen LogP contribution in [0, 0.1) is 13.8 Å². The van der Waals surface area contributed by atoms with Crippen LogP contribution in [0.1, 0.15) is 21.5 Å². The maximum Gasteiger partial charge on any atom is 0.256 e. The molecule has 1 amide bonds. The van der Waals surface area contributed by atoms with E-state index in [1.54, 1.807) is 11.0 Å². The van der Waals surface area contributed by atoms with Gasteiger partial charge in [-0.25, -0.2) is 8.42 Å². The third-order valence-electron chi connectivity index (χ3n) is 5.61. The molecule has 7 heteroatoms. The normalized spacial score (nSPS) is 15.8. The van der Waals surface area contributed by atoms with Gasteiger partial charge in [-0.15, -0.1) is 0 Å². The summed E-state index contributed by atoms with van der Waals surface area (Å²) in [6.07, 6.45) is 1.85. The summed E-state index contributed by atoms with van der Waals surface area (Å²) in [5.74, 6) is -0.0504. The lowest BCUT2D eigenvalue weighted by Gasteiger charge is -2.34. The van der Waals surface area contributed by atoms with Crippen LogP contribution >= 0.6 is 0 Å². The summed E-state index contributed by atoms with van der Waals surface area (Å²) < 4.78 is 29.6. The fraction of sp³-hybridized carbons (Fsp3) is 0.318. The predicted molar refractivity (Wildman–Crippen MR) is 113 cm³/mol. The van der Waals surface area contributed by atoms with Crippen LogP contribution in [0.4, 0.5) is 0 Å². The molecule has 0 saturated carbocycles. The van der Waals surface area contributed by atoms with Crippen LogP contribution in [-0.4, -0.2) is 54.3 Å². The zero-order valence-corrected chi connectivity index (χ0v) is 17.7. The van der Waals surface area contributed by atoms with Gasteiger partial charge < -0.3 is 9.47 Å². The molecule has 1 saturated heterocycles. The molecular weight excluding hydrogens is 386 g/mol. The molecule has 29 heavy (non-hydrogen) atoms. The Kier molecular flexibility index (Phi) is 4.96. The van der Waals surface area contributed by atoms with Crippen molar-refractivity contribution >= 4 is 26.8 Å². The molecule has 3 aromatic rings. The molecule has 4 rings (SSSR count). The average Bonchev–Trinajstić information content (AvgIpc) is 3.06. The monoisotopic (exact) mass is 411 g/mol. The van der Waals surface area contributed by atoms with Gasteiger partial charge in [-0.3, -0.25) is 4.79 Å². The Morgan fingerprint density at radius 2 is 1.66 bits per heavy atom. The van der Waals surface area contributed by atoms with E-state index in [-0.39, 0.29) is 5.91 Å². The van der Waals surface area contributed by atoms with E-state index in [1.165, 1.54) is 4.31 Å². The molecular formula is C22H25N3O3S. The van der Waals surface area contributed by atoms with E-state index in [0.29, 0.717) is 36.6 Å². The topological polar surface area (TPSA) is 62.6 Å². The number of para-hydroxylation sites is 1. The van der Waals surface area contributed by atoms with Crippen LogP contribution in [0.15, 0.2) is 53.6 Å². The van der Waals surface area contributed by atoms with E-state index in [9.17, 15) is 13.2 Å². The second kappa shape index (κ2) is 7.31. The maximum absolute atomic E-state index is 13.1. The van der Waals surface area contributed by atoms with Gasteiger partial charge in [-0.05, 0) is 37.1 Å². The first kappa shape index (κ1) is 19.7. The van der Waals surface area contributed by atoms with Crippen LogP contribution in [-0.2, 0) is 17.1 Å². The van der Waals surface area contributed by atoms with Crippen molar-refractivity contribution in [3.63, 3.8) is 0 Å². The lowest BCUT2D eigenvalue weighted by molar-refractivity contribution is 0.0699. The second-order valence-electron chi connectivity index (χ2n) is 7.64. The van der Waals surface area contributed by atoms with Gasteiger partial charge in [0.25, 0.3) is 5.91 Å². The SMILES string of the molecule is Cc1ccc(C)c(S(=O)(=O)N2CCN(C(=O)c3cn(C)c4ccccc34)CC2)c1. The molecule has 152 valence electrons. The summed E-state index contributed by atoms with van der Waals surface area (Å²) in [7, 11) is -1.64. The lowest BCUT2D eigenvalue weighted by atomic mass is 10.1. The van der Waals surface area contributed by atoms with E-state index in [2.05, 4.69) is 0 Å². The molecule has 0 bridgehead atoms. The first-order valence-electron chi connectivity index (χ1n) is 9.70. The Labute approximate surface area is 171 Å². The lowest BCUT2D eigenvalue weighted by Crippen LogP contribution is -2.50. The van der Waals surface area contributed by atoms with E-state index in [4.69, 9.17) is 0 Å². The van der Waals surface area contributed by atoms with Gasteiger partial charge in [0.1, 0.15) is 0 Å². The molecule has 1 fully saturated rings. The molecule has 0 atom stereocenters. The third-order valence-corrected chi connectivity index (χ3v) is 7.66. The molecule has 0 N–H and O–H groups in total. The number of aryl methyl sites for hydroxylation is 3. The fourth-order valence-electron chi connectivity index (χ4n) is 3.94. The molecule has 2 aromatic carbocycles. The van der Waals surface area contributed by atoms with Gasteiger partial charge >= 0.3 is 0 Å². The zero-order valence-electron chi connectivity index (χ0n) is 16.9. The molecule has 6 nitrogen and oxygen atoms in total. The van der Waals surface area contributed by atoms with Crippen LogP contribution < -0.4 is 0 Å². The number of carbonyl (C=O) groups is 1. The molecule has 0 spiro atoms. The number of amides is 1. The highest BCUT2D eigenvalue weighted by molar-refractivity contribution is 7.89. The Hall–Kier alpha value is -2.64. The van der Waals surface area contributed by atoms with Crippen molar-refractivity contribution in [1.29, 1.82) is 0 Å². The van der Waals surface area contributed by atoms with Gasteiger partial charge in [-0.2, -0.15) is 4.31 Å². The number of rotatable bonds is 3. The maximum atomic E-state index is 13.1. The molecule has 0 radical (unpaired) electrons. The number of carbonyl (C=O) groups excluding carboxylic acids is 1. The van der Waals surface area contributed by atoms with Crippen LogP contribution in [0.2, 0.25) is 0 Å². The van der Waals surface area contributed by atoms with E-state index in [0.717, 1.165) is 22.0 Å². The fourth-order valence-corrected chi connectivity index (χ4v) is 5.67. The highest BCUT2D eigenvalue weighted by Crippen LogP contribution is 2.25. The van der Waals surface area contributed by atoms with E-state index >= 15 is 0 Å². The first-order valence-corrected chi connectivity index (χ1v) is 11.1. The molecule has 0 unspecified atom stereocenters. The van der Waals surface area contributed by atoms with Gasteiger partial charge in [0.2, 0.25) is 10.0 Å². The summed E-state index contributed by atoms with van der Waals surface area (Å²) in [5, 5.41) is 0.922. The summed E-state index contributed by atoms with van der Waals surface area (Å²) >= 11 is 0. The third kappa shape index (κ3) is 3.45. The van der Waals surface area contributed by atoms with E-state index in [1.807, 2.05) is 68.1 Å². The standard InChI is InChI=1S/C22H25N3O3S/c1-16-8-9-17(2)21(14-16)29(27,28)25-12-10-24(11-13-25)22(26)19-15-23(3)20-7-5-4-6-18(19)20/h4-9,14-15H,10-13H2,1-3H3. The largest absolute Gasteiger partial charge is 0.350 e. The van der Waals surface area contributed by atoms with Crippen molar-refractivity contribution in [2.75, 3.05) is 26.2 Å². The second-order valence-corrected chi connectivity index (χ2v) is 9.54. The highest BCUT2D eigenvalue weighted by atomic mass is 32.2. The number of fused-ring (bicyclic) bond motifs is 1. The molecule has 1 aromatic heterocycles. The highest BCUT2D eigenvalue weighted by Gasteiger charge is 2.32. The minimum Gasteiger partial charge on any atom is -0.350 e. The van der Waals surface area contributed by atoms with Crippen molar-refractivity contribution in [2.24, 2.45) is 7.05 Å². The molecule has 0 aliphatic carbocycles. The number of piperazine rings is 1. The smallest absolute Gasteiger partial charge is 0.256 e. The first-order chi connectivity index (χ1) is 13.8. The molecule has 2 heterocycles. The molecule has 1 aliphatic heterocycles. The summed E-state index contributed by atoms with van der Waals surface area (Å²) in [6.45, 7) is 5.06. The summed E-state index contributed by atoms with van der Waals surface area (Å²) in [5.41, 5.74) is 3.32. The Bertz CT molecular complexity index is 1190. The summed E-state index contributed by atoms with van der Waals surface area (Å²) in [6, 6.07) is 13.3. The number of benzene rings is 2. The quantitative estimate of drug-likeness (QED) is 0.666. The van der Waals surface area contributed by atoms with Crippen molar-refractivity contribution in [3.05, 3.63) is 65.4 Å². The Balaban J connectivity index is 1.53. The number of nitrogens with zero attached hydrogens (tertiary/aromatic N) is 3. The van der Waals surface area contributed by atoms with Crippen molar-refractivity contribution < 1.29 is 13.2 Å². The number of sulfonamides is 1. The minimum absolute atomic E-state index is 0.0504. The molecule has 1 aliphatic rings. The Morgan fingerprint density at radius 3 is 2.38 bits per heavy atom. The number of aromatic nitrogens is 1. The van der Waals surface area contributed by atoms with Gasteiger partial charge in [-0.1, -0.05) is 30.3 Å². The summed E-state index contributed by atoms with van der Waals surface area (Å²) in [4.78, 5) is 15.2. The number of hydrogen-bond donors (Lipinski definition) is 0. The van der Waals surface area contributed by atoms with Crippen molar-refractivity contribution in [1.82, 2.24) is 13.8 Å². The van der Waals surface area contributed by atoms with E-state index < -0.39 is 10.0 Å². The number of hydrogen-bond acceptors (Lipinski definition) is 3. The van der Waals surface area contributed by atoms with Crippen LogP contribution in [0.25, 0.3) is 10.9 Å². The Morgan fingerprint density at radius 1 is 0.966 bits per heavy atom. The van der Waals surface area contributed by atoms with Gasteiger partial charge in [0.15, 0.2) is 0 Å². The van der Waals surface area contributed by atoms with Gasteiger partial charge in [0.05, 0.1) is 10.5 Å². The zero-order chi connectivity index (χ0) is 20.8. The van der Waals surface area contributed by atoms with Gasteiger partial charge in [0, 0.05) is 50.3 Å². The minimum atomic E-state index is -3.57.